The minimum Gasteiger partial charge on any atom is -0.388 e. The molecule has 0 amide bonds. The lowest BCUT2D eigenvalue weighted by atomic mass is 10.1. The van der Waals surface area contributed by atoms with E-state index >= 15 is 0 Å². The van der Waals surface area contributed by atoms with E-state index in [1.807, 2.05) is 18.2 Å². The number of aliphatic hydroxyl groups is 1. The molecule has 0 atom stereocenters. The Bertz CT molecular complexity index is 933. The van der Waals surface area contributed by atoms with Gasteiger partial charge in [-0.1, -0.05) is 48.5 Å². The number of benzene rings is 2. The van der Waals surface area contributed by atoms with Crippen LogP contribution in [-0.2, 0) is 21.2 Å². The zero-order chi connectivity index (χ0) is 20.7. The van der Waals surface area contributed by atoms with Crippen LogP contribution in [-0.4, -0.2) is 67.8 Å². The maximum Gasteiger partial charge on any atom is 0.243 e. The second-order valence-corrected chi connectivity index (χ2v) is 8.95. The summed E-state index contributed by atoms with van der Waals surface area (Å²) in [4.78, 5) is 13.7. The number of nitrogens with zero attached hydrogens (tertiary/aromatic N) is 2. The first-order chi connectivity index (χ1) is 14.0. The third kappa shape index (κ3) is 5.83. The summed E-state index contributed by atoms with van der Waals surface area (Å²) in [5.41, 5.74) is 1.99. The van der Waals surface area contributed by atoms with Crippen LogP contribution in [0.4, 0.5) is 0 Å². The number of piperazine rings is 1. The van der Waals surface area contributed by atoms with Gasteiger partial charge in [-0.25, -0.2) is 8.42 Å². The summed E-state index contributed by atoms with van der Waals surface area (Å²) < 4.78 is 27.3. The van der Waals surface area contributed by atoms with E-state index in [0.29, 0.717) is 18.7 Å². The first-order valence-corrected chi connectivity index (χ1v) is 11.1. The molecule has 1 heterocycles. The van der Waals surface area contributed by atoms with Gasteiger partial charge < -0.3 is 10.0 Å². The number of carbonyl (C=O) groups is 1. The fraction of sp³-hybridized carbons (Fsp3) is 0.318. The normalized spacial score (nSPS) is 16.3. The molecule has 2 aromatic rings. The topological polar surface area (TPSA) is 77.9 Å². The zero-order valence-corrected chi connectivity index (χ0v) is 17.1. The maximum absolute atomic E-state index is 12.9. The maximum atomic E-state index is 12.9. The molecule has 7 heteroatoms. The molecule has 0 saturated carbocycles. The fourth-order valence-electron chi connectivity index (χ4n) is 3.27. The average Bonchev–Trinajstić information content (AvgIpc) is 2.77. The van der Waals surface area contributed by atoms with Crippen LogP contribution >= 0.6 is 0 Å². The van der Waals surface area contributed by atoms with Crippen molar-refractivity contribution in [3.63, 3.8) is 0 Å². The lowest BCUT2D eigenvalue weighted by molar-refractivity contribution is -0.117. The Labute approximate surface area is 172 Å². The molecule has 3 rings (SSSR count). The molecule has 0 unspecified atom stereocenters. The molecule has 1 aliphatic rings. The number of rotatable bonds is 8. The summed E-state index contributed by atoms with van der Waals surface area (Å²) in [7, 11) is -3.53. The van der Waals surface area contributed by atoms with E-state index in [1.165, 1.54) is 15.9 Å². The van der Waals surface area contributed by atoms with Gasteiger partial charge in [-0.15, -0.1) is 0 Å². The Hall–Kier alpha value is -2.32. The van der Waals surface area contributed by atoms with Gasteiger partial charge in [0.15, 0.2) is 5.78 Å². The molecule has 0 aromatic heterocycles. The molecule has 1 saturated heterocycles. The van der Waals surface area contributed by atoms with Crippen molar-refractivity contribution in [2.45, 2.75) is 11.3 Å². The summed E-state index contributed by atoms with van der Waals surface area (Å²) in [6.45, 7) is 2.77. The minimum absolute atomic E-state index is 0.251. The van der Waals surface area contributed by atoms with Crippen molar-refractivity contribution in [3.05, 3.63) is 71.8 Å². The monoisotopic (exact) mass is 414 g/mol. The van der Waals surface area contributed by atoms with E-state index < -0.39 is 22.4 Å². The predicted molar refractivity (Wildman–Crippen MR) is 113 cm³/mol. The molecule has 0 aliphatic carbocycles. The van der Waals surface area contributed by atoms with Crippen molar-refractivity contribution >= 4 is 21.9 Å². The first kappa shape index (κ1) is 21.4. The summed E-state index contributed by atoms with van der Waals surface area (Å²) in [5.74, 6) is -0.396. The van der Waals surface area contributed by atoms with Gasteiger partial charge in [0.1, 0.15) is 6.61 Å². The third-order valence-corrected chi connectivity index (χ3v) is 6.94. The molecule has 0 spiro atoms. The molecule has 1 aliphatic heterocycles. The highest BCUT2D eigenvalue weighted by molar-refractivity contribution is 7.89. The molecule has 6 nitrogen and oxygen atoms in total. The van der Waals surface area contributed by atoms with E-state index in [0.717, 1.165) is 26.1 Å². The highest BCUT2D eigenvalue weighted by Gasteiger charge is 2.28. The van der Waals surface area contributed by atoms with Crippen LogP contribution in [0.5, 0.6) is 0 Å². The minimum atomic E-state index is -3.53. The molecule has 29 heavy (non-hydrogen) atoms. The number of hydrogen-bond donors (Lipinski definition) is 1. The molecule has 0 bridgehead atoms. The van der Waals surface area contributed by atoms with Gasteiger partial charge in [-0.3, -0.25) is 4.79 Å². The highest BCUT2D eigenvalue weighted by Crippen LogP contribution is 2.19. The van der Waals surface area contributed by atoms with Gasteiger partial charge in [0, 0.05) is 32.7 Å². The van der Waals surface area contributed by atoms with Gasteiger partial charge in [0.05, 0.1) is 4.90 Å². The average molecular weight is 415 g/mol. The van der Waals surface area contributed by atoms with Gasteiger partial charge in [-0.05, 0) is 35.8 Å². The van der Waals surface area contributed by atoms with E-state index in [1.54, 1.807) is 30.3 Å². The lowest BCUT2D eigenvalue weighted by Gasteiger charge is -2.34. The summed E-state index contributed by atoms with van der Waals surface area (Å²) in [5, 5.41) is 8.73. The smallest absolute Gasteiger partial charge is 0.243 e. The fourth-order valence-corrected chi connectivity index (χ4v) is 4.69. The van der Waals surface area contributed by atoms with Crippen molar-refractivity contribution in [3.8, 4) is 0 Å². The molecular weight excluding hydrogens is 388 g/mol. The molecule has 154 valence electrons. The lowest BCUT2D eigenvalue weighted by Crippen LogP contribution is -2.48. The second kappa shape index (κ2) is 9.93. The van der Waals surface area contributed by atoms with E-state index in [2.05, 4.69) is 17.0 Å². The Kier molecular flexibility index (Phi) is 7.33. The SMILES string of the molecule is O=C(/C=C/c1ccc(S(=O)(=O)N2CCN(CCc3ccccc3)CC2)cc1)CO. The van der Waals surface area contributed by atoms with Crippen LogP contribution in [0, 0.1) is 0 Å². The Morgan fingerprint density at radius 2 is 1.62 bits per heavy atom. The van der Waals surface area contributed by atoms with Crippen molar-refractivity contribution in [2.24, 2.45) is 0 Å². The molecular formula is C22H26N2O4S. The van der Waals surface area contributed by atoms with Crippen LogP contribution in [0.2, 0.25) is 0 Å². The summed E-state index contributed by atoms with van der Waals surface area (Å²) in [6.07, 6.45) is 3.79. The van der Waals surface area contributed by atoms with Crippen LogP contribution in [0.25, 0.3) is 6.08 Å². The second-order valence-electron chi connectivity index (χ2n) is 7.01. The quantitative estimate of drug-likeness (QED) is 0.667. The van der Waals surface area contributed by atoms with Gasteiger partial charge in [0.25, 0.3) is 0 Å². The van der Waals surface area contributed by atoms with E-state index in [-0.39, 0.29) is 4.90 Å². The Balaban J connectivity index is 1.55. The van der Waals surface area contributed by atoms with Gasteiger partial charge in [0.2, 0.25) is 10.0 Å². The number of carbonyl (C=O) groups excluding carboxylic acids is 1. The zero-order valence-electron chi connectivity index (χ0n) is 16.3. The Morgan fingerprint density at radius 1 is 0.966 bits per heavy atom. The standard InChI is InChI=1S/C22H26N2O4S/c25-18-21(26)9-6-20-7-10-22(11-8-20)29(27,28)24-16-14-23(15-17-24)13-12-19-4-2-1-3-5-19/h1-11,25H,12-18H2/b9-6+. The number of aliphatic hydroxyl groups excluding tert-OH is 1. The summed E-state index contributed by atoms with van der Waals surface area (Å²) >= 11 is 0. The van der Waals surface area contributed by atoms with Crippen LogP contribution in [0.1, 0.15) is 11.1 Å². The predicted octanol–water partition coefficient (Wildman–Crippen LogP) is 1.81. The van der Waals surface area contributed by atoms with Crippen LogP contribution < -0.4 is 0 Å². The van der Waals surface area contributed by atoms with E-state index in [4.69, 9.17) is 5.11 Å². The Morgan fingerprint density at radius 3 is 2.24 bits per heavy atom. The van der Waals surface area contributed by atoms with Crippen molar-refractivity contribution in [2.75, 3.05) is 39.3 Å². The van der Waals surface area contributed by atoms with Crippen LogP contribution in [0.15, 0.2) is 65.6 Å². The largest absolute Gasteiger partial charge is 0.388 e. The third-order valence-electron chi connectivity index (χ3n) is 5.03. The molecule has 1 N–H and O–H groups in total. The highest BCUT2D eigenvalue weighted by atomic mass is 32.2. The van der Waals surface area contributed by atoms with Gasteiger partial charge >= 0.3 is 0 Å². The van der Waals surface area contributed by atoms with Gasteiger partial charge in [-0.2, -0.15) is 4.31 Å². The van der Waals surface area contributed by atoms with Crippen LogP contribution in [0.3, 0.4) is 0 Å². The molecule has 1 fully saturated rings. The number of ketones is 1. The molecule has 2 aromatic carbocycles. The van der Waals surface area contributed by atoms with Crippen molar-refractivity contribution in [1.29, 1.82) is 0 Å². The number of sulfonamides is 1. The van der Waals surface area contributed by atoms with Crippen molar-refractivity contribution in [1.82, 2.24) is 9.21 Å². The first-order valence-electron chi connectivity index (χ1n) is 9.67. The molecule has 0 radical (unpaired) electrons. The van der Waals surface area contributed by atoms with Crippen molar-refractivity contribution < 1.29 is 18.3 Å². The summed E-state index contributed by atoms with van der Waals surface area (Å²) in [6, 6.07) is 16.7. The van der Waals surface area contributed by atoms with E-state index in [9.17, 15) is 13.2 Å². The number of hydrogen-bond acceptors (Lipinski definition) is 5.